The maximum atomic E-state index is 12.4. The largest absolute Gasteiger partial charge is 0.489 e. The Kier molecular flexibility index (Phi) is 5.80. The van der Waals surface area contributed by atoms with Crippen molar-refractivity contribution >= 4 is 21.8 Å². The molecule has 5 heteroatoms. The first-order chi connectivity index (χ1) is 10.9. The number of nitrogens with one attached hydrogen (secondary N) is 1. The highest BCUT2D eigenvalue weighted by atomic mass is 79.9. The van der Waals surface area contributed by atoms with Crippen LogP contribution >= 0.6 is 15.9 Å². The van der Waals surface area contributed by atoms with Crippen LogP contribution in [0.3, 0.4) is 0 Å². The van der Waals surface area contributed by atoms with Gasteiger partial charge in [0.15, 0.2) is 0 Å². The number of rotatable bonds is 6. The Morgan fingerprint density at radius 2 is 1.96 bits per heavy atom. The van der Waals surface area contributed by atoms with Gasteiger partial charge >= 0.3 is 0 Å². The van der Waals surface area contributed by atoms with E-state index in [4.69, 9.17) is 10.5 Å². The third kappa shape index (κ3) is 4.81. The molecule has 0 fully saturated rings. The number of halogens is 1. The Morgan fingerprint density at radius 1 is 1.26 bits per heavy atom. The SMILES string of the molecule is CC(CNC(=O)C(C)(N)c1ccccc1)Oc1cccc(Br)c1. The molecular formula is C18H21BrN2O2. The van der Waals surface area contributed by atoms with Crippen molar-refractivity contribution in [2.75, 3.05) is 6.54 Å². The zero-order chi connectivity index (χ0) is 16.9. The van der Waals surface area contributed by atoms with Gasteiger partial charge in [-0.05, 0) is 37.6 Å². The van der Waals surface area contributed by atoms with E-state index in [0.29, 0.717) is 6.54 Å². The lowest BCUT2D eigenvalue weighted by atomic mass is 9.92. The summed E-state index contributed by atoms with van der Waals surface area (Å²) in [5.41, 5.74) is 5.88. The molecule has 0 bridgehead atoms. The zero-order valence-corrected chi connectivity index (χ0v) is 14.8. The van der Waals surface area contributed by atoms with Crippen LogP contribution in [0.25, 0.3) is 0 Å². The molecule has 3 N–H and O–H groups in total. The van der Waals surface area contributed by atoms with Gasteiger partial charge in [-0.3, -0.25) is 4.79 Å². The topological polar surface area (TPSA) is 64.4 Å². The van der Waals surface area contributed by atoms with Crippen LogP contribution in [0.4, 0.5) is 0 Å². The van der Waals surface area contributed by atoms with Crippen LogP contribution in [-0.2, 0) is 10.3 Å². The second kappa shape index (κ2) is 7.62. The summed E-state index contributed by atoms with van der Waals surface area (Å²) in [5.74, 6) is 0.521. The van der Waals surface area contributed by atoms with E-state index in [2.05, 4.69) is 21.2 Å². The van der Waals surface area contributed by atoms with E-state index in [1.807, 2.05) is 61.5 Å². The van der Waals surface area contributed by atoms with E-state index in [0.717, 1.165) is 15.8 Å². The van der Waals surface area contributed by atoms with Crippen molar-refractivity contribution in [3.8, 4) is 5.75 Å². The third-order valence-electron chi connectivity index (χ3n) is 3.53. The Morgan fingerprint density at radius 3 is 2.61 bits per heavy atom. The van der Waals surface area contributed by atoms with Crippen LogP contribution < -0.4 is 15.8 Å². The second-order valence-corrected chi connectivity index (χ2v) is 6.58. The van der Waals surface area contributed by atoms with Crippen LogP contribution in [0.15, 0.2) is 59.1 Å². The minimum Gasteiger partial charge on any atom is -0.489 e. The van der Waals surface area contributed by atoms with Crippen molar-refractivity contribution in [3.63, 3.8) is 0 Å². The smallest absolute Gasteiger partial charge is 0.244 e. The van der Waals surface area contributed by atoms with Crippen LogP contribution in [-0.4, -0.2) is 18.6 Å². The molecule has 2 aromatic rings. The van der Waals surface area contributed by atoms with E-state index < -0.39 is 5.54 Å². The van der Waals surface area contributed by atoms with Crippen LogP contribution in [0.1, 0.15) is 19.4 Å². The number of carbonyl (C=O) groups excluding carboxylic acids is 1. The molecule has 0 saturated carbocycles. The monoisotopic (exact) mass is 376 g/mol. The van der Waals surface area contributed by atoms with Gasteiger partial charge in [0.2, 0.25) is 5.91 Å². The summed E-state index contributed by atoms with van der Waals surface area (Å²) in [4.78, 5) is 12.4. The molecule has 4 nitrogen and oxygen atoms in total. The summed E-state index contributed by atoms with van der Waals surface area (Å²) >= 11 is 3.40. The van der Waals surface area contributed by atoms with Crippen molar-refractivity contribution in [2.24, 2.45) is 5.73 Å². The first kappa shape index (κ1) is 17.5. The number of hydrogen-bond donors (Lipinski definition) is 2. The zero-order valence-electron chi connectivity index (χ0n) is 13.3. The lowest BCUT2D eigenvalue weighted by Gasteiger charge is -2.25. The van der Waals surface area contributed by atoms with Gasteiger partial charge in [0.05, 0.1) is 6.54 Å². The second-order valence-electron chi connectivity index (χ2n) is 5.66. The van der Waals surface area contributed by atoms with Crippen molar-refractivity contribution < 1.29 is 9.53 Å². The van der Waals surface area contributed by atoms with Gasteiger partial charge in [0, 0.05) is 4.47 Å². The molecule has 0 spiro atoms. The van der Waals surface area contributed by atoms with Crippen molar-refractivity contribution in [2.45, 2.75) is 25.5 Å². The molecule has 0 aliphatic heterocycles. The molecule has 0 aliphatic rings. The molecular weight excluding hydrogens is 356 g/mol. The fourth-order valence-corrected chi connectivity index (χ4v) is 2.53. The standard InChI is InChI=1S/C18H21BrN2O2/c1-13(23-16-10-6-9-15(19)11-16)12-21-17(22)18(2,20)14-7-4-3-5-8-14/h3-11,13H,12,20H2,1-2H3,(H,21,22). The summed E-state index contributed by atoms with van der Waals surface area (Å²) in [6.45, 7) is 3.99. The molecule has 2 atom stereocenters. The van der Waals surface area contributed by atoms with Crippen molar-refractivity contribution in [3.05, 3.63) is 64.6 Å². The lowest BCUT2D eigenvalue weighted by Crippen LogP contribution is -2.50. The molecule has 2 rings (SSSR count). The average molecular weight is 377 g/mol. The third-order valence-corrected chi connectivity index (χ3v) is 4.02. The maximum absolute atomic E-state index is 12.4. The fraction of sp³-hybridized carbons (Fsp3) is 0.278. The van der Waals surface area contributed by atoms with Gasteiger partial charge in [0.1, 0.15) is 17.4 Å². The summed E-state index contributed by atoms with van der Waals surface area (Å²) in [5, 5.41) is 2.86. The molecule has 0 aliphatic carbocycles. The molecule has 0 aromatic heterocycles. The first-order valence-corrected chi connectivity index (χ1v) is 8.24. The number of carbonyl (C=O) groups is 1. The van der Waals surface area contributed by atoms with Crippen molar-refractivity contribution in [1.29, 1.82) is 0 Å². The predicted molar refractivity (Wildman–Crippen MR) is 95.2 cm³/mol. The number of ether oxygens (including phenoxy) is 1. The number of benzene rings is 2. The summed E-state index contributed by atoms with van der Waals surface area (Å²) in [6, 6.07) is 16.9. The predicted octanol–water partition coefficient (Wildman–Crippen LogP) is 3.21. The number of hydrogen-bond acceptors (Lipinski definition) is 3. The highest BCUT2D eigenvalue weighted by Gasteiger charge is 2.30. The molecule has 122 valence electrons. The van der Waals surface area contributed by atoms with Crippen molar-refractivity contribution in [1.82, 2.24) is 5.32 Å². The Hall–Kier alpha value is -1.85. The Labute approximate surface area is 145 Å². The Balaban J connectivity index is 1.91. The van der Waals surface area contributed by atoms with Crippen LogP contribution in [0.5, 0.6) is 5.75 Å². The van der Waals surface area contributed by atoms with Crippen LogP contribution in [0.2, 0.25) is 0 Å². The summed E-state index contributed by atoms with van der Waals surface area (Å²) in [6.07, 6.45) is -0.167. The van der Waals surface area contributed by atoms with E-state index in [1.54, 1.807) is 6.92 Å². The average Bonchev–Trinajstić information content (AvgIpc) is 2.53. The quantitative estimate of drug-likeness (QED) is 0.813. The highest BCUT2D eigenvalue weighted by Crippen LogP contribution is 2.19. The van der Waals surface area contributed by atoms with Gasteiger partial charge in [-0.15, -0.1) is 0 Å². The molecule has 2 unspecified atom stereocenters. The van der Waals surface area contributed by atoms with Gasteiger partial charge in [-0.1, -0.05) is 52.3 Å². The first-order valence-electron chi connectivity index (χ1n) is 7.44. The Bertz CT molecular complexity index is 659. The molecule has 0 radical (unpaired) electrons. The number of nitrogens with two attached hydrogens (primary N) is 1. The number of amides is 1. The minimum absolute atomic E-state index is 0.167. The van der Waals surface area contributed by atoms with Gasteiger partial charge in [-0.25, -0.2) is 0 Å². The summed E-state index contributed by atoms with van der Waals surface area (Å²) < 4.78 is 6.73. The van der Waals surface area contributed by atoms with Gasteiger partial charge in [0.25, 0.3) is 0 Å². The van der Waals surface area contributed by atoms with E-state index >= 15 is 0 Å². The van der Waals surface area contributed by atoms with E-state index in [1.165, 1.54) is 0 Å². The normalized spacial score (nSPS) is 14.6. The minimum atomic E-state index is -1.07. The lowest BCUT2D eigenvalue weighted by molar-refractivity contribution is -0.126. The van der Waals surface area contributed by atoms with Gasteiger partial charge in [-0.2, -0.15) is 0 Å². The highest BCUT2D eigenvalue weighted by molar-refractivity contribution is 9.10. The molecule has 0 heterocycles. The van der Waals surface area contributed by atoms with Crippen LogP contribution in [0, 0.1) is 0 Å². The molecule has 23 heavy (non-hydrogen) atoms. The fourth-order valence-electron chi connectivity index (χ4n) is 2.15. The van der Waals surface area contributed by atoms with E-state index in [-0.39, 0.29) is 12.0 Å². The molecule has 0 saturated heterocycles. The molecule has 1 amide bonds. The molecule has 2 aromatic carbocycles. The maximum Gasteiger partial charge on any atom is 0.244 e. The van der Waals surface area contributed by atoms with E-state index in [9.17, 15) is 4.79 Å². The van der Waals surface area contributed by atoms with Gasteiger partial charge < -0.3 is 15.8 Å². The summed E-state index contributed by atoms with van der Waals surface area (Å²) in [7, 11) is 0.